The average molecular weight is 676 g/mol. The van der Waals surface area contributed by atoms with Gasteiger partial charge in [0.05, 0.1) is 5.69 Å². The van der Waals surface area contributed by atoms with Crippen molar-refractivity contribution in [2.75, 3.05) is 4.90 Å². The molecule has 1 saturated carbocycles. The van der Waals surface area contributed by atoms with Crippen molar-refractivity contribution in [2.24, 2.45) is 0 Å². The van der Waals surface area contributed by atoms with Crippen LogP contribution in [-0.4, -0.2) is 0 Å². The smallest absolute Gasteiger partial charge is 0.0618 e. The van der Waals surface area contributed by atoms with Crippen LogP contribution in [0.2, 0.25) is 0 Å². The van der Waals surface area contributed by atoms with Crippen molar-refractivity contribution in [1.29, 1.82) is 0 Å². The van der Waals surface area contributed by atoms with Crippen molar-refractivity contribution in [3.8, 4) is 22.3 Å². The van der Waals surface area contributed by atoms with Crippen molar-refractivity contribution >= 4 is 59.3 Å². The van der Waals surface area contributed by atoms with Crippen molar-refractivity contribution < 1.29 is 0 Å². The highest BCUT2D eigenvalue weighted by atomic mass is 32.1. The van der Waals surface area contributed by atoms with Gasteiger partial charge >= 0.3 is 0 Å². The van der Waals surface area contributed by atoms with E-state index in [2.05, 4.69) is 164 Å². The molecule has 1 heterocycles. The average Bonchev–Trinajstić information content (AvgIpc) is 3.67. The standard InChI is InChI=1S/C49H41NS/c1-49(2)44-18-10-8-16-40(44)41-29-26-37(31-45(41)49)50(36-24-20-33(21-25-36)32-12-4-3-5-13-32)48-38-15-7-6-14-34(38)22-27-39(48)35-23-28-43-42-17-9-11-19-46(42)51-47(43)30-35/h6-11,14-32H,3-5,12-13H2,1-2H3. The molecule has 2 heteroatoms. The Kier molecular flexibility index (Phi) is 7.18. The van der Waals surface area contributed by atoms with E-state index in [9.17, 15) is 0 Å². The van der Waals surface area contributed by atoms with Gasteiger partial charge in [0.25, 0.3) is 0 Å². The fourth-order valence-corrected chi connectivity index (χ4v) is 10.3. The van der Waals surface area contributed by atoms with Gasteiger partial charge in [-0.15, -0.1) is 11.3 Å². The Balaban J connectivity index is 1.21. The van der Waals surface area contributed by atoms with E-state index < -0.39 is 0 Å². The molecule has 1 aromatic heterocycles. The minimum absolute atomic E-state index is 0.0910. The van der Waals surface area contributed by atoms with Gasteiger partial charge in [0.1, 0.15) is 0 Å². The fraction of sp³-hybridized carbons (Fsp3) is 0.184. The van der Waals surface area contributed by atoms with Gasteiger partial charge in [-0.2, -0.15) is 0 Å². The first-order chi connectivity index (χ1) is 25.0. The zero-order chi connectivity index (χ0) is 34.1. The summed E-state index contributed by atoms with van der Waals surface area (Å²) in [5.74, 6) is 0.668. The molecule has 8 aromatic rings. The Labute approximate surface area is 304 Å². The number of thiophene rings is 1. The highest BCUT2D eigenvalue weighted by Crippen LogP contribution is 2.52. The molecule has 0 spiro atoms. The van der Waals surface area contributed by atoms with Crippen LogP contribution >= 0.6 is 11.3 Å². The largest absolute Gasteiger partial charge is 0.309 e. The molecule has 0 amide bonds. The van der Waals surface area contributed by atoms with Crippen LogP contribution in [0.3, 0.4) is 0 Å². The summed E-state index contributed by atoms with van der Waals surface area (Å²) in [5, 5.41) is 5.17. The Morgan fingerprint density at radius 2 is 1.22 bits per heavy atom. The van der Waals surface area contributed by atoms with Gasteiger partial charge in [0.15, 0.2) is 0 Å². The number of benzene rings is 7. The van der Waals surface area contributed by atoms with Crippen LogP contribution in [0.4, 0.5) is 17.1 Å². The molecule has 0 saturated heterocycles. The van der Waals surface area contributed by atoms with E-state index >= 15 is 0 Å². The molecule has 2 aliphatic rings. The van der Waals surface area contributed by atoms with E-state index in [0.29, 0.717) is 5.92 Å². The number of anilines is 3. The van der Waals surface area contributed by atoms with Crippen LogP contribution < -0.4 is 4.90 Å². The Hall–Kier alpha value is -5.18. The minimum atomic E-state index is -0.0910. The summed E-state index contributed by atoms with van der Waals surface area (Å²) in [6.45, 7) is 4.77. The van der Waals surface area contributed by atoms with Gasteiger partial charge in [-0.25, -0.2) is 0 Å². The predicted octanol–water partition coefficient (Wildman–Crippen LogP) is 14.7. The Morgan fingerprint density at radius 1 is 0.529 bits per heavy atom. The van der Waals surface area contributed by atoms with Gasteiger partial charge < -0.3 is 4.90 Å². The fourth-order valence-electron chi connectivity index (χ4n) is 9.19. The van der Waals surface area contributed by atoms with E-state index in [1.165, 1.54) is 119 Å². The topological polar surface area (TPSA) is 3.24 Å². The van der Waals surface area contributed by atoms with Gasteiger partial charge in [0.2, 0.25) is 0 Å². The van der Waals surface area contributed by atoms with Crippen LogP contribution in [-0.2, 0) is 5.41 Å². The van der Waals surface area contributed by atoms with Gasteiger partial charge in [-0.3, -0.25) is 0 Å². The zero-order valence-corrected chi connectivity index (χ0v) is 30.1. The number of rotatable bonds is 5. The van der Waals surface area contributed by atoms with Crippen molar-refractivity contribution in [3.63, 3.8) is 0 Å². The maximum absolute atomic E-state index is 2.55. The van der Waals surface area contributed by atoms with Crippen LogP contribution in [0.15, 0.2) is 146 Å². The number of nitrogens with zero attached hydrogens (tertiary/aromatic N) is 1. The summed E-state index contributed by atoms with van der Waals surface area (Å²) in [7, 11) is 0. The second kappa shape index (κ2) is 12.0. The first-order valence-electron chi connectivity index (χ1n) is 18.6. The van der Waals surface area contributed by atoms with Crippen molar-refractivity contribution in [3.05, 3.63) is 162 Å². The molecular weight excluding hydrogens is 635 g/mol. The summed E-state index contributed by atoms with van der Waals surface area (Å²) in [6, 6.07) is 55.2. The molecule has 2 aliphatic carbocycles. The van der Waals surface area contributed by atoms with E-state index in [4.69, 9.17) is 0 Å². The molecule has 1 nitrogen and oxygen atoms in total. The highest BCUT2D eigenvalue weighted by molar-refractivity contribution is 7.25. The van der Waals surface area contributed by atoms with E-state index in [1.807, 2.05) is 11.3 Å². The minimum Gasteiger partial charge on any atom is -0.309 e. The first-order valence-corrected chi connectivity index (χ1v) is 19.4. The van der Waals surface area contributed by atoms with E-state index in [0.717, 1.165) is 0 Å². The van der Waals surface area contributed by atoms with Gasteiger partial charge in [-0.05, 0) is 93.9 Å². The summed E-state index contributed by atoms with van der Waals surface area (Å²) in [4.78, 5) is 2.55. The second-order valence-corrected chi connectivity index (χ2v) is 16.2. The quantitative estimate of drug-likeness (QED) is 0.175. The monoisotopic (exact) mass is 675 g/mol. The third-order valence-electron chi connectivity index (χ3n) is 11.9. The summed E-state index contributed by atoms with van der Waals surface area (Å²) >= 11 is 1.89. The SMILES string of the molecule is CC1(C)c2ccccc2-c2ccc(N(c3ccc(C4CCCCC4)cc3)c3c(-c4ccc5c(c4)sc4ccccc45)ccc4ccccc34)cc21. The first kappa shape index (κ1) is 30.6. The molecule has 0 N–H and O–H groups in total. The zero-order valence-electron chi connectivity index (χ0n) is 29.3. The summed E-state index contributed by atoms with van der Waals surface area (Å²) in [5.41, 5.74) is 13.0. The number of hydrogen-bond donors (Lipinski definition) is 0. The lowest BCUT2D eigenvalue weighted by atomic mass is 9.82. The number of hydrogen-bond acceptors (Lipinski definition) is 2. The molecule has 0 atom stereocenters. The van der Waals surface area contributed by atoms with E-state index in [1.54, 1.807) is 0 Å². The van der Waals surface area contributed by atoms with Crippen LogP contribution in [0.1, 0.15) is 68.6 Å². The van der Waals surface area contributed by atoms with Gasteiger partial charge in [0, 0.05) is 47.9 Å². The Morgan fingerprint density at radius 3 is 2.08 bits per heavy atom. The predicted molar refractivity (Wildman–Crippen MR) is 220 cm³/mol. The summed E-state index contributed by atoms with van der Waals surface area (Å²) in [6.07, 6.45) is 6.66. The lowest BCUT2D eigenvalue weighted by Crippen LogP contribution is -2.17. The second-order valence-electron chi connectivity index (χ2n) is 15.2. The molecule has 51 heavy (non-hydrogen) atoms. The molecule has 248 valence electrons. The third kappa shape index (κ3) is 4.95. The molecule has 0 bridgehead atoms. The van der Waals surface area contributed by atoms with Crippen LogP contribution in [0, 0.1) is 0 Å². The molecule has 1 fully saturated rings. The van der Waals surface area contributed by atoms with Crippen molar-refractivity contribution in [1.82, 2.24) is 0 Å². The number of fused-ring (bicyclic) bond motifs is 7. The lowest BCUT2D eigenvalue weighted by Gasteiger charge is -2.31. The lowest BCUT2D eigenvalue weighted by molar-refractivity contribution is 0.443. The molecule has 0 aliphatic heterocycles. The van der Waals surface area contributed by atoms with Crippen LogP contribution in [0.5, 0.6) is 0 Å². The Bertz CT molecular complexity index is 2600. The van der Waals surface area contributed by atoms with Gasteiger partial charge in [-0.1, -0.05) is 142 Å². The maximum atomic E-state index is 2.55. The van der Waals surface area contributed by atoms with E-state index in [-0.39, 0.29) is 5.41 Å². The highest BCUT2D eigenvalue weighted by Gasteiger charge is 2.36. The molecule has 7 aromatic carbocycles. The summed E-state index contributed by atoms with van der Waals surface area (Å²) < 4.78 is 2.66. The maximum Gasteiger partial charge on any atom is 0.0618 e. The molecule has 0 unspecified atom stereocenters. The third-order valence-corrected chi connectivity index (χ3v) is 13.0. The normalized spacial score (nSPS) is 15.3. The van der Waals surface area contributed by atoms with Crippen molar-refractivity contribution in [2.45, 2.75) is 57.3 Å². The van der Waals surface area contributed by atoms with Crippen LogP contribution in [0.25, 0.3) is 53.2 Å². The molecular formula is C49H41NS. The molecule has 0 radical (unpaired) electrons. The molecule has 10 rings (SSSR count).